The quantitative estimate of drug-likeness (QED) is 0.655. The van der Waals surface area contributed by atoms with E-state index >= 15 is 0 Å². The van der Waals surface area contributed by atoms with Crippen LogP contribution in [0.4, 0.5) is 15.8 Å². The Morgan fingerprint density at radius 2 is 2.10 bits per heavy atom. The lowest BCUT2D eigenvalue weighted by molar-refractivity contribution is -0.384. The molecule has 0 aromatic heterocycles. The monoisotopic (exact) mass is 283 g/mol. The molecule has 1 saturated heterocycles. The van der Waals surface area contributed by atoms with Gasteiger partial charge in [0.25, 0.3) is 5.69 Å². The highest BCUT2D eigenvalue weighted by molar-refractivity contribution is 5.65. The van der Waals surface area contributed by atoms with Crippen LogP contribution in [0.15, 0.2) is 12.1 Å². The smallest absolute Gasteiger partial charge is 0.295 e. The molecular weight excluding hydrogens is 265 g/mol. The largest absolute Gasteiger partial charge is 0.494 e. The zero-order chi connectivity index (χ0) is 14.8. The third-order valence-corrected chi connectivity index (χ3v) is 3.61. The van der Waals surface area contributed by atoms with Crippen LogP contribution < -0.4 is 15.4 Å². The molecule has 0 amide bonds. The summed E-state index contributed by atoms with van der Waals surface area (Å²) in [5, 5.41) is 17.5. The standard InChI is InChI=1S/C13H18FN3O3/c1-13(3-5-15-6-4-13)16-10-8-12(20-2)9(14)7-11(10)17(18)19/h7-8,15-16H,3-6H2,1-2H3. The van der Waals surface area contributed by atoms with Gasteiger partial charge in [-0.15, -0.1) is 0 Å². The number of piperidine rings is 1. The Morgan fingerprint density at radius 3 is 2.65 bits per heavy atom. The minimum absolute atomic E-state index is 0.00404. The fraction of sp³-hybridized carbons (Fsp3) is 0.538. The number of nitro benzene ring substituents is 1. The molecule has 20 heavy (non-hydrogen) atoms. The number of ether oxygens (including phenoxy) is 1. The van der Waals surface area contributed by atoms with Crippen LogP contribution in [0, 0.1) is 15.9 Å². The molecule has 0 saturated carbocycles. The van der Waals surface area contributed by atoms with E-state index in [1.807, 2.05) is 6.92 Å². The van der Waals surface area contributed by atoms with Gasteiger partial charge in [-0.1, -0.05) is 0 Å². The Labute approximate surface area is 116 Å². The second-order valence-electron chi connectivity index (χ2n) is 5.20. The lowest BCUT2D eigenvalue weighted by Gasteiger charge is -2.35. The van der Waals surface area contributed by atoms with Crippen molar-refractivity contribution in [3.63, 3.8) is 0 Å². The molecule has 1 fully saturated rings. The van der Waals surface area contributed by atoms with Crippen LogP contribution in [-0.4, -0.2) is 30.7 Å². The number of halogens is 1. The Kier molecular flexibility index (Phi) is 4.08. The molecule has 0 radical (unpaired) electrons. The Balaban J connectivity index is 2.35. The molecule has 2 N–H and O–H groups in total. The number of rotatable bonds is 4. The molecular formula is C13H18FN3O3. The van der Waals surface area contributed by atoms with E-state index in [-0.39, 0.29) is 22.7 Å². The number of hydrogen-bond donors (Lipinski definition) is 2. The van der Waals surface area contributed by atoms with Gasteiger partial charge in [-0.05, 0) is 32.9 Å². The van der Waals surface area contributed by atoms with Crippen LogP contribution >= 0.6 is 0 Å². The topological polar surface area (TPSA) is 76.4 Å². The molecule has 0 atom stereocenters. The molecule has 0 spiro atoms. The van der Waals surface area contributed by atoms with Crippen molar-refractivity contribution >= 4 is 11.4 Å². The van der Waals surface area contributed by atoms with E-state index in [9.17, 15) is 14.5 Å². The van der Waals surface area contributed by atoms with E-state index in [1.54, 1.807) is 0 Å². The lowest BCUT2D eigenvalue weighted by Crippen LogP contribution is -2.45. The summed E-state index contributed by atoms with van der Waals surface area (Å²) in [5.41, 5.74) is -0.237. The first-order valence-corrected chi connectivity index (χ1v) is 6.46. The van der Waals surface area contributed by atoms with E-state index < -0.39 is 10.7 Å². The third-order valence-electron chi connectivity index (χ3n) is 3.61. The third kappa shape index (κ3) is 2.98. The van der Waals surface area contributed by atoms with Crippen molar-refractivity contribution in [1.82, 2.24) is 5.32 Å². The number of nitrogens with one attached hydrogen (secondary N) is 2. The Hall–Kier alpha value is -1.89. The van der Waals surface area contributed by atoms with Gasteiger partial charge in [0.1, 0.15) is 5.69 Å². The molecule has 0 unspecified atom stereocenters. The van der Waals surface area contributed by atoms with Gasteiger partial charge in [0, 0.05) is 11.6 Å². The van der Waals surface area contributed by atoms with Crippen LogP contribution in [0.5, 0.6) is 5.75 Å². The first-order chi connectivity index (χ1) is 9.45. The van der Waals surface area contributed by atoms with Crippen LogP contribution in [0.3, 0.4) is 0 Å². The first kappa shape index (κ1) is 14.5. The fourth-order valence-electron chi connectivity index (χ4n) is 2.38. The highest BCUT2D eigenvalue weighted by Gasteiger charge is 2.30. The molecule has 7 heteroatoms. The van der Waals surface area contributed by atoms with Crippen LogP contribution in [0.25, 0.3) is 0 Å². The van der Waals surface area contributed by atoms with Crippen molar-refractivity contribution in [2.75, 3.05) is 25.5 Å². The average molecular weight is 283 g/mol. The minimum atomic E-state index is -0.736. The SMILES string of the molecule is COc1cc(NC2(C)CCNCC2)c([N+](=O)[O-])cc1F. The maximum atomic E-state index is 13.6. The van der Waals surface area contributed by atoms with Crippen molar-refractivity contribution in [3.05, 3.63) is 28.1 Å². The second kappa shape index (κ2) is 5.62. The van der Waals surface area contributed by atoms with Gasteiger partial charge >= 0.3 is 0 Å². The van der Waals surface area contributed by atoms with Crippen molar-refractivity contribution in [1.29, 1.82) is 0 Å². The van der Waals surface area contributed by atoms with Gasteiger partial charge < -0.3 is 15.4 Å². The summed E-state index contributed by atoms with van der Waals surface area (Å²) in [4.78, 5) is 10.5. The fourth-order valence-corrected chi connectivity index (χ4v) is 2.38. The summed E-state index contributed by atoms with van der Waals surface area (Å²) in [6, 6.07) is 2.24. The van der Waals surface area contributed by atoms with Crippen molar-refractivity contribution < 1.29 is 14.1 Å². The maximum absolute atomic E-state index is 13.6. The minimum Gasteiger partial charge on any atom is -0.494 e. The predicted molar refractivity (Wildman–Crippen MR) is 73.7 cm³/mol. The number of methoxy groups -OCH3 is 1. The highest BCUT2D eigenvalue weighted by atomic mass is 19.1. The molecule has 1 aromatic rings. The molecule has 1 aromatic carbocycles. The first-order valence-electron chi connectivity index (χ1n) is 6.46. The zero-order valence-electron chi connectivity index (χ0n) is 11.5. The van der Waals surface area contributed by atoms with Crippen molar-refractivity contribution in [2.45, 2.75) is 25.3 Å². The highest BCUT2D eigenvalue weighted by Crippen LogP contribution is 2.35. The Morgan fingerprint density at radius 1 is 1.45 bits per heavy atom. The Bertz CT molecular complexity index is 516. The molecule has 2 rings (SSSR count). The number of hydrogen-bond acceptors (Lipinski definition) is 5. The van der Waals surface area contributed by atoms with Gasteiger partial charge in [-0.3, -0.25) is 10.1 Å². The van der Waals surface area contributed by atoms with Crippen LogP contribution in [0.1, 0.15) is 19.8 Å². The zero-order valence-corrected chi connectivity index (χ0v) is 11.5. The number of anilines is 1. The van der Waals surface area contributed by atoms with Crippen LogP contribution in [-0.2, 0) is 0 Å². The molecule has 0 bridgehead atoms. The van der Waals surface area contributed by atoms with Gasteiger partial charge in [0.15, 0.2) is 11.6 Å². The number of nitrogens with zero attached hydrogens (tertiary/aromatic N) is 1. The van der Waals surface area contributed by atoms with Crippen molar-refractivity contribution in [3.8, 4) is 5.75 Å². The molecule has 1 aliphatic rings. The summed E-state index contributed by atoms with van der Waals surface area (Å²) in [5.74, 6) is -0.740. The van der Waals surface area contributed by atoms with E-state index in [2.05, 4.69) is 10.6 Å². The molecule has 110 valence electrons. The van der Waals surface area contributed by atoms with E-state index in [0.29, 0.717) is 0 Å². The molecule has 1 heterocycles. The van der Waals surface area contributed by atoms with Gasteiger partial charge in [0.05, 0.1) is 18.1 Å². The van der Waals surface area contributed by atoms with Gasteiger partial charge in [-0.25, -0.2) is 4.39 Å². The summed E-state index contributed by atoms with van der Waals surface area (Å²) in [7, 11) is 1.33. The lowest BCUT2D eigenvalue weighted by atomic mass is 9.90. The van der Waals surface area contributed by atoms with E-state index in [1.165, 1.54) is 13.2 Å². The molecule has 1 aliphatic heterocycles. The van der Waals surface area contributed by atoms with Crippen LogP contribution in [0.2, 0.25) is 0 Å². The van der Waals surface area contributed by atoms with Crippen molar-refractivity contribution in [2.24, 2.45) is 0 Å². The summed E-state index contributed by atoms with van der Waals surface area (Å²) in [6.07, 6.45) is 1.67. The normalized spacial score (nSPS) is 17.6. The molecule has 0 aliphatic carbocycles. The number of benzene rings is 1. The summed E-state index contributed by atoms with van der Waals surface area (Å²) < 4.78 is 18.5. The summed E-state index contributed by atoms with van der Waals surface area (Å²) in [6.45, 7) is 3.69. The predicted octanol–water partition coefficient (Wildman–Crippen LogP) is 2.30. The van der Waals surface area contributed by atoms with Gasteiger partial charge in [-0.2, -0.15) is 0 Å². The molecule has 6 nitrogen and oxygen atoms in total. The van der Waals surface area contributed by atoms with E-state index in [0.717, 1.165) is 32.0 Å². The second-order valence-corrected chi connectivity index (χ2v) is 5.20. The number of nitro groups is 1. The van der Waals surface area contributed by atoms with E-state index in [4.69, 9.17) is 4.74 Å². The summed E-state index contributed by atoms with van der Waals surface area (Å²) >= 11 is 0. The average Bonchev–Trinajstić information content (AvgIpc) is 2.40. The maximum Gasteiger partial charge on any atom is 0.295 e. The van der Waals surface area contributed by atoms with Gasteiger partial charge in [0.2, 0.25) is 0 Å².